The van der Waals surface area contributed by atoms with Crippen LogP contribution in [-0.2, 0) is 0 Å². The Hall–Kier alpha value is -5.35. The van der Waals surface area contributed by atoms with Crippen molar-refractivity contribution in [3.8, 4) is 34.2 Å². The molecule has 0 atom stereocenters. The normalized spacial score (nSPS) is 12.1. The molecule has 9 rings (SSSR count). The summed E-state index contributed by atoms with van der Waals surface area (Å²) in [5.74, 6) is 1.87. The van der Waals surface area contributed by atoms with Crippen LogP contribution in [0.25, 0.3) is 88.4 Å². The molecular formula is C35H19N3O. The van der Waals surface area contributed by atoms with E-state index in [0.29, 0.717) is 17.5 Å². The maximum absolute atomic E-state index is 6.66. The molecule has 0 radical (unpaired) electrons. The van der Waals surface area contributed by atoms with Crippen molar-refractivity contribution < 1.29 is 4.42 Å². The summed E-state index contributed by atoms with van der Waals surface area (Å²) in [5, 5.41) is 9.66. The van der Waals surface area contributed by atoms with Gasteiger partial charge in [0.1, 0.15) is 11.2 Å². The standard InChI is InChI=1S/C35H19N3O/c1-3-9-21(10-4-1)33-36-34(22-11-5-2-6-12-22)38-35(37-33)26-19-23-18-17-20-13-7-14-24-25-15-8-16-27-30(25)31(32(26)39-27)29(23)28(20)24/h1-19H. The molecule has 39 heavy (non-hydrogen) atoms. The largest absolute Gasteiger partial charge is 0.455 e. The van der Waals surface area contributed by atoms with E-state index in [-0.39, 0.29) is 0 Å². The van der Waals surface area contributed by atoms with Crippen molar-refractivity contribution in [2.45, 2.75) is 0 Å². The molecule has 0 saturated heterocycles. The van der Waals surface area contributed by atoms with Gasteiger partial charge in [-0.15, -0.1) is 0 Å². The van der Waals surface area contributed by atoms with Crippen molar-refractivity contribution in [3.05, 3.63) is 115 Å². The van der Waals surface area contributed by atoms with Gasteiger partial charge in [0.2, 0.25) is 0 Å². The van der Waals surface area contributed by atoms with Crippen LogP contribution < -0.4 is 0 Å². The first-order valence-corrected chi connectivity index (χ1v) is 13.0. The summed E-state index contributed by atoms with van der Waals surface area (Å²) in [4.78, 5) is 14.9. The van der Waals surface area contributed by atoms with Crippen LogP contribution in [0.5, 0.6) is 0 Å². The lowest BCUT2D eigenvalue weighted by molar-refractivity contribution is 0.670. The number of benzene rings is 7. The van der Waals surface area contributed by atoms with Gasteiger partial charge in [0.05, 0.1) is 5.56 Å². The number of hydrogen-bond acceptors (Lipinski definition) is 4. The maximum atomic E-state index is 6.66. The molecule has 0 unspecified atom stereocenters. The fourth-order valence-electron chi connectivity index (χ4n) is 6.13. The van der Waals surface area contributed by atoms with Gasteiger partial charge in [-0.2, -0.15) is 0 Å². The number of hydrogen-bond donors (Lipinski definition) is 0. The monoisotopic (exact) mass is 497 g/mol. The van der Waals surface area contributed by atoms with E-state index in [1.165, 1.54) is 26.9 Å². The second kappa shape index (κ2) is 7.59. The molecule has 4 heteroatoms. The second-order valence-electron chi connectivity index (χ2n) is 10.0. The topological polar surface area (TPSA) is 51.8 Å². The summed E-state index contributed by atoms with van der Waals surface area (Å²) in [7, 11) is 0. The number of fused-ring (bicyclic) bond motifs is 1. The zero-order valence-electron chi connectivity index (χ0n) is 20.7. The van der Waals surface area contributed by atoms with Gasteiger partial charge in [0, 0.05) is 27.3 Å². The lowest BCUT2D eigenvalue weighted by Crippen LogP contribution is -2.00. The Morgan fingerprint density at radius 3 is 1.77 bits per heavy atom. The van der Waals surface area contributed by atoms with Crippen molar-refractivity contribution in [2.24, 2.45) is 0 Å². The molecule has 0 bridgehead atoms. The minimum Gasteiger partial charge on any atom is -0.455 e. The molecule has 0 spiro atoms. The molecule has 180 valence electrons. The van der Waals surface area contributed by atoms with Gasteiger partial charge >= 0.3 is 0 Å². The Morgan fingerprint density at radius 2 is 1.05 bits per heavy atom. The number of nitrogens with zero attached hydrogens (tertiary/aromatic N) is 3. The van der Waals surface area contributed by atoms with Crippen molar-refractivity contribution in [1.82, 2.24) is 15.0 Å². The predicted molar refractivity (Wildman–Crippen MR) is 158 cm³/mol. The third-order valence-electron chi connectivity index (χ3n) is 7.82. The van der Waals surface area contributed by atoms with E-state index in [9.17, 15) is 0 Å². The number of furan rings is 1. The molecule has 2 aromatic heterocycles. The Balaban J connectivity index is 1.44. The van der Waals surface area contributed by atoms with Crippen LogP contribution in [0.4, 0.5) is 0 Å². The van der Waals surface area contributed by atoms with Gasteiger partial charge in [0.15, 0.2) is 17.5 Å². The molecule has 0 saturated carbocycles. The molecule has 4 nitrogen and oxygen atoms in total. The molecule has 7 aromatic carbocycles. The highest BCUT2D eigenvalue weighted by Crippen LogP contribution is 2.48. The van der Waals surface area contributed by atoms with E-state index in [1.54, 1.807) is 0 Å². The number of aromatic nitrogens is 3. The lowest BCUT2D eigenvalue weighted by Gasteiger charge is -2.14. The maximum Gasteiger partial charge on any atom is 0.167 e. The Kier molecular flexibility index (Phi) is 4.02. The van der Waals surface area contributed by atoms with Crippen LogP contribution in [0.1, 0.15) is 0 Å². The van der Waals surface area contributed by atoms with E-state index in [4.69, 9.17) is 19.4 Å². The zero-order chi connectivity index (χ0) is 25.5. The first-order chi connectivity index (χ1) is 19.3. The first kappa shape index (κ1) is 20.7. The average molecular weight is 498 g/mol. The third kappa shape index (κ3) is 2.85. The molecule has 0 amide bonds. The minimum absolute atomic E-state index is 0.601. The van der Waals surface area contributed by atoms with Crippen molar-refractivity contribution in [3.63, 3.8) is 0 Å². The molecular weight excluding hydrogens is 478 g/mol. The SMILES string of the molecule is c1ccc(-c2nc(-c3ccccc3)nc(-c3cc4ccc5cccc6c7cccc8oc3c(c87)c4c56)n2)cc1. The molecule has 0 fully saturated rings. The number of rotatable bonds is 3. The smallest absolute Gasteiger partial charge is 0.167 e. The van der Waals surface area contributed by atoms with Crippen LogP contribution >= 0.6 is 0 Å². The average Bonchev–Trinajstić information content (AvgIpc) is 3.41. The van der Waals surface area contributed by atoms with Crippen molar-refractivity contribution in [1.29, 1.82) is 0 Å². The van der Waals surface area contributed by atoms with Crippen LogP contribution in [-0.4, -0.2) is 15.0 Å². The second-order valence-corrected chi connectivity index (χ2v) is 10.0. The summed E-state index contributed by atoms with van der Waals surface area (Å²) >= 11 is 0. The predicted octanol–water partition coefficient (Wildman–Crippen LogP) is 9.11. The fourth-order valence-corrected chi connectivity index (χ4v) is 6.13. The van der Waals surface area contributed by atoms with Crippen LogP contribution in [0.15, 0.2) is 120 Å². The highest BCUT2D eigenvalue weighted by atomic mass is 16.3. The van der Waals surface area contributed by atoms with Crippen molar-refractivity contribution >= 4 is 54.3 Å². The molecule has 0 aliphatic heterocycles. The molecule has 2 heterocycles. The fraction of sp³-hybridized carbons (Fsp3) is 0. The Labute approximate surface area is 222 Å². The molecule has 0 aliphatic carbocycles. The van der Waals surface area contributed by atoms with Gasteiger partial charge in [-0.1, -0.05) is 103 Å². The van der Waals surface area contributed by atoms with E-state index >= 15 is 0 Å². The summed E-state index contributed by atoms with van der Waals surface area (Å²) in [5.41, 5.74) is 4.45. The highest BCUT2D eigenvalue weighted by molar-refractivity contribution is 6.40. The Bertz CT molecular complexity index is 2260. The van der Waals surface area contributed by atoms with E-state index in [1.807, 2.05) is 60.7 Å². The van der Waals surface area contributed by atoms with Crippen LogP contribution in [0.2, 0.25) is 0 Å². The quantitative estimate of drug-likeness (QED) is 0.180. The summed E-state index contributed by atoms with van der Waals surface area (Å²) in [6.07, 6.45) is 0. The van der Waals surface area contributed by atoms with E-state index in [0.717, 1.165) is 44.0 Å². The summed E-state index contributed by atoms with van der Waals surface area (Å²) < 4.78 is 6.66. The van der Waals surface area contributed by atoms with Gasteiger partial charge in [-0.25, -0.2) is 15.0 Å². The zero-order valence-corrected chi connectivity index (χ0v) is 20.7. The van der Waals surface area contributed by atoms with Gasteiger partial charge < -0.3 is 4.42 Å². The van der Waals surface area contributed by atoms with Gasteiger partial charge in [-0.05, 0) is 39.1 Å². The molecule has 0 N–H and O–H groups in total. The summed E-state index contributed by atoms with van der Waals surface area (Å²) in [6.45, 7) is 0. The van der Waals surface area contributed by atoms with Gasteiger partial charge in [-0.3, -0.25) is 0 Å². The first-order valence-electron chi connectivity index (χ1n) is 13.0. The molecule has 9 aromatic rings. The minimum atomic E-state index is 0.601. The van der Waals surface area contributed by atoms with E-state index < -0.39 is 0 Å². The molecule has 0 aliphatic rings. The highest BCUT2D eigenvalue weighted by Gasteiger charge is 2.24. The van der Waals surface area contributed by atoms with E-state index in [2.05, 4.69) is 54.6 Å². The van der Waals surface area contributed by atoms with Crippen LogP contribution in [0, 0.1) is 0 Å². The Morgan fingerprint density at radius 1 is 0.436 bits per heavy atom. The van der Waals surface area contributed by atoms with Crippen molar-refractivity contribution in [2.75, 3.05) is 0 Å². The van der Waals surface area contributed by atoms with Crippen LogP contribution in [0.3, 0.4) is 0 Å². The third-order valence-corrected chi connectivity index (χ3v) is 7.82. The summed E-state index contributed by atoms with van der Waals surface area (Å²) in [6, 6.07) is 39.6. The lowest BCUT2D eigenvalue weighted by atomic mass is 9.88. The van der Waals surface area contributed by atoms with Gasteiger partial charge in [0.25, 0.3) is 0 Å².